The number of aromatic amines is 1. The van der Waals surface area contributed by atoms with Crippen molar-refractivity contribution < 1.29 is 19.1 Å². The van der Waals surface area contributed by atoms with Gasteiger partial charge in [-0.05, 0) is 81.1 Å². The predicted octanol–water partition coefficient (Wildman–Crippen LogP) is 5.90. The van der Waals surface area contributed by atoms with Crippen LogP contribution in [0.4, 0.5) is 10.5 Å². The number of carbonyl (C=O) groups excluding carboxylic acids is 3. The third-order valence-corrected chi connectivity index (χ3v) is 7.09. The van der Waals surface area contributed by atoms with Crippen LogP contribution in [-0.2, 0) is 14.3 Å². The highest BCUT2D eigenvalue weighted by Crippen LogP contribution is 2.28. The van der Waals surface area contributed by atoms with Gasteiger partial charge in [0.2, 0.25) is 5.91 Å². The minimum absolute atomic E-state index is 0.285. The van der Waals surface area contributed by atoms with Crippen LogP contribution in [0.15, 0.2) is 78.9 Å². The lowest BCUT2D eigenvalue weighted by molar-refractivity contribution is -0.138. The highest BCUT2D eigenvalue weighted by molar-refractivity contribution is 5.99. The number of nitrogens with zero attached hydrogens (tertiary/aromatic N) is 2. The van der Waals surface area contributed by atoms with Crippen LogP contribution < -0.4 is 10.6 Å². The highest BCUT2D eigenvalue weighted by atomic mass is 16.6. The molecule has 0 saturated carbocycles. The van der Waals surface area contributed by atoms with Crippen LogP contribution in [0, 0.1) is 11.3 Å². The van der Waals surface area contributed by atoms with E-state index in [1.54, 1.807) is 56.0 Å². The van der Waals surface area contributed by atoms with Crippen molar-refractivity contribution in [2.75, 3.05) is 11.9 Å². The van der Waals surface area contributed by atoms with Crippen molar-refractivity contribution >= 4 is 34.5 Å². The minimum atomic E-state index is -0.991. The lowest BCUT2D eigenvalue weighted by Gasteiger charge is -2.29. The van der Waals surface area contributed by atoms with Crippen molar-refractivity contribution in [3.8, 4) is 17.3 Å². The van der Waals surface area contributed by atoms with Gasteiger partial charge in [-0.3, -0.25) is 9.59 Å². The molecule has 2 atom stereocenters. The van der Waals surface area contributed by atoms with Crippen molar-refractivity contribution in [1.82, 2.24) is 15.2 Å². The van der Waals surface area contributed by atoms with E-state index in [2.05, 4.69) is 21.7 Å². The van der Waals surface area contributed by atoms with E-state index in [9.17, 15) is 14.4 Å². The van der Waals surface area contributed by atoms with E-state index in [1.165, 1.54) is 0 Å². The maximum atomic E-state index is 13.8. The molecule has 0 aliphatic carbocycles. The summed E-state index contributed by atoms with van der Waals surface area (Å²) in [6.07, 6.45) is 0.485. The second kappa shape index (κ2) is 11.8. The van der Waals surface area contributed by atoms with Crippen LogP contribution in [0.3, 0.4) is 0 Å². The molecule has 1 fully saturated rings. The lowest BCUT2D eigenvalue weighted by atomic mass is 10.0. The summed E-state index contributed by atoms with van der Waals surface area (Å²) >= 11 is 0. The maximum Gasteiger partial charge on any atom is 0.408 e. The van der Waals surface area contributed by atoms with Crippen molar-refractivity contribution in [2.45, 2.75) is 51.3 Å². The molecule has 0 bridgehead atoms. The fourth-order valence-electron chi connectivity index (χ4n) is 5.14. The molecule has 214 valence electrons. The Morgan fingerprint density at radius 2 is 1.76 bits per heavy atom. The van der Waals surface area contributed by atoms with E-state index in [4.69, 9.17) is 10.00 Å². The summed E-state index contributed by atoms with van der Waals surface area (Å²) in [6.45, 7) is 5.67. The largest absolute Gasteiger partial charge is 0.444 e. The van der Waals surface area contributed by atoms with Crippen LogP contribution in [0.5, 0.6) is 0 Å². The van der Waals surface area contributed by atoms with Gasteiger partial charge in [-0.25, -0.2) is 4.79 Å². The number of nitrogens with one attached hydrogen (secondary N) is 3. The molecule has 3 amide bonds. The Kier molecular flexibility index (Phi) is 7.98. The normalized spacial score (nSPS) is 15.6. The topological polar surface area (TPSA) is 127 Å². The molecule has 3 aromatic carbocycles. The third-order valence-electron chi connectivity index (χ3n) is 7.09. The summed E-state index contributed by atoms with van der Waals surface area (Å²) in [5.74, 6) is -0.647. The van der Waals surface area contributed by atoms with Gasteiger partial charge in [0.05, 0.1) is 11.6 Å². The Bertz CT molecular complexity index is 1650. The number of alkyl carbamates (subject to hydrolysis) is 1. The Hall–Kier alpha value is -5.10. The smallest absolute Gasteiger partial charge is 0.408 e. The average molecular weight is 564 g/mol. The zero-order valence-corrected chi connectivity index (χ0v) is 23.8. The molecule has 2 heterocycles. The van der Waals surface area contributed by atoms with Crippen molar-refractivity contribution in [3.05, 3.63) is 90.0 Å². The number of benzene rings is 3. The minimum Gasteiger partial charge on any atom is -0.444 e. The number of likely N-dealkylation sites (tertiary alicyclic amines) is 1. The standard InChI is InChI=1S/C33H33N5O4/c1-33(2,3)42-32(41)37-29(23-8-5-4-6-9-23)31(40)38-17-7-10-28(38)30(39)35-25-14-12-22(13-15-25)27-19-24-18-21(20-34)11-16-26(24)36-27/h4-6,8-9,11-16,18-19,28-29,36H,7,10,17H2,1-3H3,(H,35,39)(H,37,41)/t28-,29-/m0/s1. The first-order valence-corrected chi connectivity index (χ1v) is 13.9. The van der Waals surface area contributed by atoms with E-state index in [0.717, 1.165) is 22.2 Å². The van der Waals surface area contributed by atoms with Crippen LogP contribution >= 0.6 is 0 Å². The Morgan fingerprint density at radius 3 is 2.45 bits per heavy atom. The second-order valence-electron chi connectivity index (χ2n) is 11.3. The van der Waals surface area contributed by atoms with E-state index < -0.39 is 23.8 Å². The molecule has 1 saturated heterocycles. The fourth-order valence-corrected chi connectivity index (χ4v) is 5.14. The molecule has 9 nitrogen and oxygen atoms in total. The molecular formula is C33H33N5O4. The summed E-state index contributed by atoms with van der Waals surface area (Å²) in [5, 5.41) is 15.8. The molecule has 5 rings (SSSR count). The van der Waals surface area contributed by atoms with Crippen LogP contribution in [0.1, 0.15) is 50.8 Å². The van der Waals surface area contributed by atoms with E-state index in [1.807, 2.05) is 48.5 Å². The molecule has 4 aromatic rings. The van der Waals surface area contributed by atoms with Gasteiger partial charge in [-0.2, -0.15) is 5.26 Å². The number of ether oxygens (including phenoxy) is 1. The first-order valence-electron chi connectivity index (χ1n) is 13.9. The van der Waals surface area contributed by atoms with Gasteiger partial charge in [-0.1, -0.05) is 42.5 Å². The van der Waals surface area contributed by atoms with Crippen molar-refractivity contribution in [3.63, 3.8) is 0 Å². The molecule has 42 heavy (non-hydrogen) atoms. The highest BCUT2D eigenvalue weighted by Gasteiger charge is 2.38. The second-order valence-corrected chi connectivity index (χ2v) is 11.3. The first kappa shape index (κ1) is 28.4. The molecule has 3 N–H and O–H groups in total. The number of anilines is 1. The van der Waals surface area contributed by atoms with Gasteiger partial charge in [-0.15, -0.1) is 0 Å². The molecule has 9 heteroatoms. The van der Waals surface area contributed by atoms with Crippen LogP contribution in [0.2, 0.25) is 0 Å². The van der Waals surface area contributed by atoms with E-state index in [0.29, 0.717) is 36.2 Å². The van der Waals surface area contributed by atoms with Crippen LogP contribution in [0.25, 0.3) is 22.2 Å². The summed E-state index contributed by atoms with van der Waals surface area (Å²) in [5.41, 5.74) is 3.85. The molecule has 0 radical (unpaired) electrons. The number of hydrogen-bond donors (Lipinski definition) is 3. The van der Waals surface area contributed by atoms with Crippen LogP contribution in [-0.4, -0.2) is 46.0 Å². The number of nitriles is 1. The number of hydrogen-bond acceptors (Lipinski definition) is 5. The molecule has 0 spiro atoms. The van der Waals surface area contributed by atoms with Gasteiger partial charge in [0.15, 0.2) is 0 Å². The molecule has 1 aromatic heterocycles. The Balaban J connectivity index is 1.29. The number of rotatable bonds is 6. The maximum absolute atomic E-state index is 13.8. The number of fused-ring (bicyclic) bond motifs is 1. The predicted molar refractivity (Wildman–Crippen MR) is 160 cm³/mol. The quantitative estimate of drug-likeness (QED) is 0.269. The summed E-state index contributed by atoms with van der Waals surface area (Å²) in [4.78, 5) is 44.7. The SMILES string of the molecule is CC(C)(C)OC(=O)N[C@H](C(=O)N1CCC[C@H]1C(=O)Nc1ccc(-c2cc3cc(C#N)ccc3[nH]2)cc1)c1ccccc1. The molecule has 1 aliphatic rings. The number of aromatic nitrogens is 1. The summed E-state index contributed by atoms with van der Waals surface area (Å²) < 4.78 is 5.41. The van der Waals surface area contributed by atoms with Gasteiger partial charge in [0, 0.05) is 28.8 Å². The number of amides is 3. The van der Waals surface area contributed by atoms with Crippen molar-refractivity contribution in [1.29, 1.82) is 5.26 Å². The first-order chi connectivity index (χ1) is 20.1. The van der Waals surface area contributed by atoms with Gasteiger partial charge < -0.3 is 25.3 Å². The monoisotopic (exact) mass is 563 g/mol. The number of carbonyl (C=O) groups is 3. The van der Waals surface area contributed by atoms with E-state index in [-0.39, 0.29) is 11.8 Å². The van der Waals surface area contributed by atoms with Gasteiger partial charge >= 0.3 is 6.09 Å². The average Bonchev–Trinajstić information content (AvgIpc) is 3.63. The Morgan fingerprint density at radius 1 is 1.02 bits per heavy atom. The lowest BCUT2D eigenvalue weighted by Crippen LogP contribution is -2.49. The van der Waals surface area contributed by atoms with Crippen molar-refractivity contribution in [2.24, 2.45) is 0 Å². The molecule has 1 aliphatic heterocycles. The Labute approximate surface area is 244 Å². The molecular weight excluding hydrogens is 530 g/mol. The fraction of sp³-hybridized carbons (Fsp3) is 0.273. The summed E-state index contributed by atoms with van der Waals surface area (Å²) in [7, 11) is 0. The zero-order valence-electron chi connectivity index (χ0n) is 23.8. The van der Waals surface area contributed by atoms with Gasteiger partial charge in [0.25, 0.3) is 5.91 Å². The van der Waals surface area contributed by atoms with Gasteiger partial charge in [0.1, 0.15) is 17.7 Å². The third kappa shape index (κ3) is 6.44. The molecule has 0 unspecified atom stereocenters. The number of H-pyrrole nitrogens is 1. The summed E-state index contributed by atoms with van der Waals surface area (Å²) in [6, 6.07) is 24.4. The van der Waals surface area contributed by atoms with E-state index >= 15 is 0 Å². The zero-order chi connectivity index (χ0) is 29.9.